The van der Waals surface area contributed by atoms with Gasteiger partial charge in [-0.2, -0.15) is 0 Å². The number of hydrogen-bond acceptors (Lipinski definition) is 4. The zero-order chi connectivity index (χ0) is 19.2. The topological polar surface area (TPSA) is 92.0 Å². The summed E-state index contributed by atoms with van der Waals surface area (Å²) in [5.41, 5.74) is 0.973. The maximum atomic E-state index is 12.6. The molecule has 2 N–H and O–H groups in total. The molecule has 0 spiro atoms. The van der Waals surface area contributed by atoms with E-state index in [4.69, 9.17) is 9.15 Å². The Morgan fingerprint density at radius 3 is 2.70 bits per heavy atom. The SMILES string of the molecule is COc1cc2c(cc1NC(=O)N1CCC(C)(C(=O)O)C1)oc1ccccc12. The molecule has 3 aromatic rings. The Kier molecular flexibility index (Phi) is 3.95. The first-order chi connectivity index (χ1) is 12.9. The van der Waals surface area contributed by atoms with Crippen LogP contribution in [-0.4, -0.2) is 42.2 Å². The number of urea groups is 1. The van der Waals surface area contributed by atoms with Gasteiger partial charge in [0.1, 0.15) is 16.9 Å². The third kappa shape index (κ3) is 2.85. The number of anilines is 1. The van der Waals surface area contributed by atoms with E-state index in [2.05, 4.69) is 5.32 Å². The summed E-state index contributed by atoms with van der Waals surface area (Å²) in [4.78, 5) is 25.5. The van der Waals surface area contributed by atoms with Gasteiger partial charge in [-0.1, -0.05) is 18.2 Å². The molecule has 1 unspecified atom stereocenters. The summed E-state index contributed by atoms with van der Waals surface area (Å²) in [5, 5.41) is 14.0. The van der Waals surface area contributed by atoms with Crippen LogP contribution in [0.25, 0.3) is 21.9 Å². The maximum Gasteiger partial charge on any atom is 0.321 e. The van der Waals surface area contributed by atoms with Crippen LogP contribution in [0.15, 0.2) is 40.8 Å². The predicted molar refractivity (Wildman–Crippen MR) is 101 cm³/mol. The fourth-order valence-corrected chi connectivity index (χ4v) is 3.52. The molecule has 2 heterocycles. The smallest absolute Gasteiger partial charge is 0.321 e. The van der Waals surface area contributed by atoms with Crippen LogP contribution in [0, 0.1) is 5.41 Å². The first-order valence-corrected chi connectivity index (χ1v) is 8.70. The second-order valence-electron chi connectivity index (χ2n) is 7.11. The molecule has 0 aliphatic carbocycles. The van der Waals surface area contributed by atoms with Crippen molar-refractivity contribution in [3.63, 3.8) is 0 Å². The number of ether oxygens (including phenoxy) is 1. The zero-order valence-electron chi connectivity index (χ0n) is 15.1. The molecule has 2 aromatic carbocycles. The summed E-state index contributed by atoms with van der Waals surface area (Å²) >= 11 is 0. The maximum absolute atomic E-state index is 12.6. The number of furan rings is 1. The van der Waals surface area contributed by atoms with Gasteiger partial charge in [-0.25, -0.2) is 4.79 Å². The van der Waals surface area contributed by atoms with E-state index in [9.17, 15) is 14.7 Å². The van der Waals surface area contributed by atoms with Crippen LogP contribution in [0.4, 0.5) is 10.5 Å². The van der Waals surface area contributed by atoms with Gasteiger partial charge in [0, 0.05) is 29.9 Å². The van der Waals surface area contributed by atoms with E-state index in [-0.39, 0.29) is 12.6 Å². The van der Waals surface area contributed by atoms with Gasteiger partial charge in [-0.15, -0.1) is 0 Å². The number of methoxy groups -OCH3 is 1. The number of carboxylic acid groups (broad SMARTS) is 1. The van der Waals surface area contributed by atoms with Crippen LogP contribution in [-0.2, 0) is 4.79 Å². The Morgan fingerprint density at radius 1 is 1.22 bits per heavy atom. The van der Waals surface area contributed by atoms with Crippen molar-refractivity contribution in [1.29, 1.82) is 0 Å². The number of nitrogens with zero attached hydrogens (tertiary/aromatic N) is 1. The predicted octanol–water partition coefficient (Wildman–Crippen LogP) is 3.92. The van der Waals surface area contributed by atoms with Gasteiger partial charge < -0.3 is 24.5 Å². The summed E-state index contributed by atoms with van der Waals surface area (Å²) < 4.78 is 11.3. The minimum absolute atomic E-state index is 0.170. The molecule has 4 rings (SSSR count). The van der Waals surface area contributed by atoms with Gasteiger partial charge in [0.15, 0.2) is 0 Å². The Labute approximate surface area is 155 Å². The fraction of sp³-hybridized carbons (Fsp3) is 0.300. The molecule has 0 saturated carbocycles. The van der Waals surface area contributed by atoms with Crippen LogP contribution in [0.1, 0.15) is 13.3 Å². The van der Waals surface area contributed by atoms with Crippen molar-refractivity contribution in [2.75, 3.05) is 25.5 Å². The number of rotatable bonds is 3. The van der Waals surface area contributed by atoms with Gasteiger partial charge in [0.05, 0.1) is 18.2 Å². The van der Waals surface area contributed by atoms with Crippen molar-refractivity contribution >= 4 is 39.6 Å². The van der Waals surface area contributed by atoms with E-state index in [1.54, 1.807) is 13.0 Å². The van der Waals surface area contributed by atoms with E-state index in [1.165, 1.54) is 12.0 Å². The summed E-state index contributed by atoms with van der Waals surface area (Å²) in [6.45, 7) is 2.22. The molecule has 7 nitrogen and oxygen atoms in total. The quantitative estimate of drug-likeness (QED) is 0.731. The Balaban J connectivity index is 1.64. The molecule has 7 heteroatoms. The van der Waals surface area contributed by atoms with E-state index in [0.717, 1.165) is 16.4 Å². The molecule has 1 saturated heterocycles. The summed E-state index contributed by atoms with van der Waals surface area (Å²) in [6, 6.07) is 10.9. The van der Waals surface area contributed by atoms with Gasteiger partial charge in [-0.3, -0.25) is 4.79 Å². The number of carbonyl (C=O) groups excluding carboxylic acids is 1. The Bertz CT molecular complexity index is 1060. The number of carbonyl (C=O) groups is 2. The lowest BCUT2D eigenvalue weighted by molar-refractivity contribution is -0.146. The molecule has 140 valence electrons. The molecular formula is C20H20N2O5. The van der Waals surface area contributed by atoms with E-state index < -0.39 is 11.4 Å². The van der Waals surface area contributed by atoms with Crippen molar-refractivity contribution in [2.45, 2.75) is 13.3 Å². The molecular weight excluding hydrogens is 348 g/mol. The van der Waals surface area contributed by atoms with Crippen LogP contribution in [0.2, 0.25) is 0 Å². The lowest BCUT2D eigenvalue weighted by Crippen LogP contribution is -2.37. The number of hydrogen-bond donors (Lipinski definition) is 2. The molecule has 1 aromatic heterocycles. The number of para-hydroxylation sites is 1. The van der Waals surface area contributed by atoms with Gasteiger partial charge in [0.25, 0.3) is 0 Å². The number of nitrogens with one attached hydrogen (secondary N) is 1. The number of aliphatic carboxylic acids is 1. The Morgan fingerprint density at radius 2 is 2.00 bits per heavy atom. The highest BCUT2D eigenvalue weighted by molar-refractivity contribution is 6.07. The molecule has 2 amide bonds. The highest BCUT2D eigenvalue weighted by Crippen LogP contribution is 2.37. The van der Waals surface area contributed by atoms with E-state index >= 15 is 0 Å². The van der Waals surface area contributed by atoms with Crippen LogP contribution >= 0.6 is 0 Å². The monoisotopic (exact) mass is 368 g/mol. The van der Waals surface area contributed by atoms with Crippen LogP contribution < -0.4 is 10.1 Å². The van der Waals surface area contributed by atoms with Gasteiger partial charge in [0.2, 0.25) is 0 Å². The number of amides is 2. The molecule has 27 heavy (non-hydrogen) atoms. The molecule has 1 atom stereocenters. The first-order valence-electron chi connectivity index (χ1n) is 8.70. The largest absolute Gasteiger partial charge is 0.495 e. The number of likely N-dealkylation sites (tertiary alicyclic amines) is 1. The minimum Gasteiger partial charge on any atom is -0.495 e. The average molecular weight is 368 g/mol. The molecule has 0 radical (unpaired) electrons. The number of carboxylic acids is 1. The van der Waals surface area contributed by atoms with Gasteiger partial charge in [-0.05, 0) is 25.5 Å². The standard InChI is InChI=1S/C20H20N2O5/c1-20(18(23)24)7-8-22(11-20)19(25)21-14-10-16-13(9-17(14)26-2)12-5-3-4-6-15(12)27-16/h3-6,9-10H,7-8,11H2,1-2H3,(H,21,25)(H,23,24). The van der Waals surface area contributed by atoms with Crippen LogP contribution in [0.5, 0.6) is 5.75 Å². The van der Waals surface area contributed by atoms with Crippen LogP contribution in [0.3, 0.4) is 0 Å². The molecule has 1 aliphatic rings. The van der Waals surface area contributed by atoms with Crippen molar-refractivity contribution in [1.82, 2.24) is 4.90 Å². The van der Waals surface area contributed by atoms with E-state index in [0.29, 0.717) is 30.0 Å². The minimum atomic E-state index is -0.913. The summed E-state index contributed by atoms with van der Waals surface area (Å²) in [7, 11) is 1.54. The van der Waals surface area contributed by atoms with Crippen molar-refractivity contribution in [3.8, 4) is 5.75 Å². The third-order valence-electron chi connectivity index (χ3n) is 5.22. The highest BCUT2D eigenvalue weighted by atomic mass is 16.5. The summed E-state index contributed by atoms with van der Waals surface area (Å²) in [5.74, 6) is -0.373. The number of fused-ring (bicyclic) bond motifs is 3. The zero-order valence-corrected chi connectivity index (χ0v) is 15.1. The van der Waals surface area contributed by atoms with E-state index in [1.807, 2.05) is 30.3 Å². The molecule has 1 aliphatic heterocycles. The molecule has 0 bridgehead atoms. The van der Waals surface area contributed by atoms with Gasteiger partial charge >= 0.3 is 12.0 Å². The first kappa shape index (κ1) is 17.2. The number of benzene rings is 2. The lowest BCUT2D eigenvalue weighted by Gasteiger charge is -2.21. The second kappa shape index (κ2) is 6.19. The van der Waals surface area contributed by atoms with Crippen molar-refractivity contribution in [2.24, 2.45) is 5.41 Å². The lowest BCUT2D eigenvalue weighted by atomic mass is 9.90. The van der Waals surface area contributed by atoms with Crippen molar-refractivity contribution in [3.05, 3.63) is 36.4 Å². The van der Waals surface area contributed by atoms with Crippen molar-refractivity contribution < 1.29 is 23.8 Å². The Hall–Kier alpha value is -3.22. The summed E-state index contributed by atoms with van der Waals surface area (Å²) in [6.07, 6.45) is 0.426. The average Bonchev–Trinajstić information content (AvgIpc) is 3.22. The third-order valence-corrected chi connectivity index (χ3v) is 5.22. The normalized spacial score (nSPS) is 19.6. The highest BCUT2D eigenvalue weighted by Gasteiger charge is 2.42. The fourth-order valence-electron chi connectivity index (χ4n) is 3.52. The second-order valence-corrected chi connectivity index (χ2v) is 7.11. The molecule has 1 fully saturated rings.